The topological polar surface area (TPSA) is 227 Å². The van der Waals surface area contributed by atoms with Crippen LogP contribution in [-0.4, -0.2) is 58.9 Å². The Hall–Kier alpha value is -0.570. The third-order valence-corrected chi connectivity index (χ3v) is 8.25. The maximum atomic E-state index is 11.9. The highest BCUT2D eigenvalue weighted by atomic mass is 32.4. The Labute approximate surface area is 167 Å². The summed E-state index contributed by atoms with van der Waals surface area (Å²) < 4.78 is 41.1. The molecule has 166 valence electrons. The molecule has 0 saturated carbocycles. The zero-order chi connectivity index (χ0) is 22.2. The fourth-order valence-electron chi connectivity index (χ4n) is 2.41. The predicted molar refractivity (Wildman–Crippen MR) is 97.5 cm³/mol. The number of ether oxygens (including phenoxy) is 1. The molecule has 2 unspecified atom stereocenters. The van der Waals surface area contributed by atoms with Crippen LogP contribution in [0.5, 0.6) is 0 Å². The van der Waals surface area contributed by atoms with E-state index in [4.69, 9.17) is 19.0 Å². The van der Waals surface area contributed by atoms with Crippen LogP contribution in [0.4, 0.5) is 0 Å². The zero-order valence-corrected chi connectivity index (χ0v) is 18.0. The fraction of sp³-hybridized carbons (Fsp3) is 0.600. The number of rotatable bonds is 8. The second-order valence-corrected chi connectivity index (χ2v) is 11.0. The van der Waals surface area contributed by atoms with E-state index in [1.165, 1.54) is 0 Å². The predicted octanol–water partition coefficient (Wildman–Crippen LogP) is -1.71. The first kappa shape index (κ1) is 24.7. The number of H-pyrrole nitrogens is 1. The van der Waals surface area contributed by atoms with Crippen molar-refractivity contribution in [2.45, 2.75) is 31.0 Å². The molecule has 15 nitrogen and oxygen atoms in total. The molecule has 0 aromatic carbocycles. The number of hydrogen-bond acceptors (Lipinski definition) is 11. The highest BCUT2D eigenvalue weighted by Crippen LogP contribution is 2.62. The van der Waals surface area contributed by atoms with Crippen molar-refractivity contribution in [3.05, 3.63) is 33.1 Å². The van der Waals surface area contributed by atoms with Crippen molar-refractivity contribution in [3.63, 3.8) is 0 Å². The first-order valence-corrected chi connectivity index (χ1v) is 12.9. The second kappa shape index (κ2) is 8.89. The lowest BCUT2D eigenvalue weighted by Gasteiger charge is -2.27. The quantitative estimate of drug-likeness (QED) is 0.220. The smallest absolute Gasteiger partial charge is 0.387 e. The van der Waals surface area contributed by atoms with Gasteiger partial charge < -0.3 is 34.2 Å². The van der Waals surface area contributed by atoms with E-state index in [1.54, 1.807) is 0 Å². The summed E-state index contributed by atoms with van der Waals surface area (Å²) in [7, 11) is -13.6. The van der Waals surface area contributed by atoms with Gasteiger partial charge in [0.15, 0.2) is 13.4 Å². The standard InChI is InChI=1S/C10H17N2O13P3S/c1-10(16)7(14)5(23-8(10)12-3-2-6(13)11-9(12)15)4-22-26(29)24-28(20,21)25-27(17,18)19/h2-3,5,7-8,14,16,26H,4H2,1H3,(H,20,21)(H,11,13,15)(H2,17,18,19)/t5-,7-,8-,10-/m1/s1. The average molecular weight is 498 g/mol. The molecule has 1 saturated heterocycles. The van der Waals surface area contributed by atoms with Crippen molar-refractivity contribution < 1.29 is 51.9 Å². The molecule has 29 heavy (non-hydrogen) atoms. The van der Waals surface area contributed by atoms with Gasteiger partial charge in [-0.2, -0.15) is 4.31 Å². The molecule has 1 aromatic heterocycles. The molecule has 6 N–H and O–H groups in total. The molecule has 2 heterocycles. The third kappa shape index (κ3) is 6.45. The van der Waals surface area contributed by atoms with E-state index in [2.05, 4.69) is 20.4 Å². The van der Waals surface area contributed by atoms with Crippen LogP contribution in [0.3, 0.4) is 0 Å². The van der Waals surface area contributed by atoms with Crippen molar-refractivity contribution in [1.29, 1.82) is 0 Å². The lowest BCUT2D eigenvalue weighted by molar-refractivity contribution is -0.0983. The van der Waals surface area contributed by atoms with Crippen LogP contribution >= 0.6 is 22.8 Å². The van der Waals surface area contributed by atoms with Gasteiger partial charge in [-0.3, -0.25) is 14.3 Å². The van der Waals surface area contributed by atoms with Crippen LogP contribution in [-0.2, 0) is 38.8 Å². The van der Waals surface area contributed by atoms with Gasteiger partial charge >= 0.3 is 21.3 Å². The van der Waals surface area contributed by atoms with E-state index in [1.807, 2.05) is 4.98 Å². The van der Waals surface area contributed by atoms with Crippen molar-refractivity contribution >= 4 is 34.6 Å². The van der Waals surface area contributed by atoms with Gasteiger partial charge in [0.25, 0.3) is 5.56 Å². The molecular weight excluding hydrogens is 481 g/mol. The molecule has 1 aliphatic rings. The average Bonchev–Trinajstić information content (AvgIpc) is 2.73. The number of nitrogens with zero attached hydrogens (tertiary/aromatic N) is 1. The number of hydrogen-bond donors (Lipinski definition) is 6. The highest BCUT2D eigenvalue weighted by molar-refractivity contribution is 8.02. The Morgan fingerprint density at radius 3 is 2.55 bits per heavy atom. The molecule has 0 amide bonds. The first-order chi connectivity index (χ1) is 13.1. The molecular formula is C10H17N2O13P3S. The molecule has 0 aliphatic carbocycles. The minimum Gasteiger partial charge on any atom is -0.387 e. The molecule has 2 rings (SSSR count). The number of aromatic nitrogens is 2. The summed E-state index contributed by atoms with van der Waals surface area (Å²) in [5.74, 6) is 0. The zero-order valence-electron chi connectivity index (χ0n) is 14.3. The fourth-order valence-corrected chi connectivity index (χ4v) is 6.24. The SMILES string of the molecule is C[C@@]1(O)[C@H](O)[C@@H](CO[PH](=S)OP(=O)(O)OP(=O)(O)O)O[C@H]1n1ccc(=O)[nH]c1=O. The van der Waals surface area contributed by atoms with Crippen LogP contribution in [0.15, 0.2) is 21.9 Å². The highest BCUT2D eigenvalue weighted by Gasteiger charge is 2.53. The Morgan fingerprint density at radius 1 is 1.38 bits per heavy atom. The van der Waals surface area contributed by atoms with Crippen LogP contribution in [0.1, 0.15) is 13.2 Å². The summed E-state index contributed by atoms with van der Waals surface area (Å²) in [6, 6.07) is 0.995. The second-order valence-electron chi connectivity index (χ2n) is 5.91. The maximum absolute atomic E-state index is 11.9. The minimum absolute atomic E-state index is 0.584. The third-order valence-electron chi connectivity index (χ3n) is 3.62. The van der Waals surface area contributed by atoms with Gasteiger partial charge in [-0.15, -0.1) is 0 Å². The van der Waals surface area contributed by atoms with Crippen molar-refractivity contribution in [2.24, 2.45) is 0 Å². The van der Waals surface area contributed by atoms with Crippen LogP contribution < -0.4 is 11.2 Å². The summed E-state index contributed by atoms with van der Waals surface area (Å²) >= 11 is 4.66. The molecule has 0 bridgehead atoms. The lowest BCUT2D eigenvalue weighted by atomic mass is 9.96. The number of aliphatic hydroxyl groups is 2. The van der Waals surface area contributed by atoms with Gasteiger partial charge in [-0.25, -0.2) is 18.2 Å². The van der Waals surface area contributed by atoms with Gasteiger partial charge in [0.1, 0.15) is 17.8 Å². The number of aliphatic hydroxyl groups excluding tert-OH is 1. The molecule has 1 aliphatic heterocycles. The Bertz CT molecular complexity index is 986. The Morgan fingerprint density at radius 2 is 2.00 bits per heavy atom. The lowest BCUT2D eigenvalue weighted by Crippen LogP contribution is -2.46. The summed E-state index contributed by atoms with van der Waals surface area (Å²) in [6.07, 6.45) is -3.30. The largest absolute Gasteiger partial charge is 0.486 e. The summed E-state index contributed by atoms with van der Waals surface area (Å²) in [4.78, 5) is 51.3. The van der Waals surface area contributed by atoms with Gasteiger partial charge in [-0.05, 0) is 18.7 Å². The first-order valence-electron chi connectivity index (χ1n) is 7.46. The Kier molecular flexibility index (Phi) is 7.57. The Balaban J connectivity index is 2.06. The molecule has 1 fully saturated rings. The minimum atomic E-state index is -5.34. The van der Waals surface area contributed by atoms with Gasteiger partial charge in [-0.1, -0.05) is 0 Å². The van der Waals surface area contributed by atoms with E-state index in [9.17, 15) is 33.8 Å². The molecule has 1 aromatic rings. The van der Waals surface area contributed by atoms with E-state index in [0.717, 1.165) is 23.8 Å². The summed E-state index contributed by atoms with van der Waals surface area (Å²) in [6.45, 7) is 0.575. The van der Waals surface area contributed by atoms with Crippen LogP contribution in [0.2, 0.25) is 0 Å². The number of aromatic amines is 1. The normalized spacial score (nSPS) is 30.8. The monoisotopic (exact) mass is 498 g/mol. The van der Waals surface area contributed by atoms with Crippen LogP contribution in [0.25, 0.3) is 0 Å². The molecule has 6 atom stereocenters. The van der Waals surface area contributed by atoms with Gasteiger partial charge in [0, 0.05) is 12.3 Å². The van der Waals surface area contributed by atoms with Crippen molar-refractivity contribution in [2.75, 3.05) is 6.61 Å². The van der Waals surface area contributed by atoms with E-state index in [0.29, 0.717) is 0 Å². The molecule has 0 radical (unpaired) electrons. The summed E-state index contributed by atoms with van der Waals surface area (Å²) in [5, 5.41) is 20.8. The van der Waals surface area contributed by atoms with E-state index < -0.39 is 64.7 Å². The number of phosphoric acid groups is 2. The van der Waals surface area contributed by atoms with Crippen LogP contribution in [0, 0.1) is 0 Å². The van der Waals surface area contributed by atoms with Crippen molar-refractivity contribution in [1.82, 2.24) is 9.55 Å². The molecule has 19 heteroatoms. The van der Waals surface area contributed by atoms with Crippen molar-refractivity contribution in [3.8, 4) is 0 Å². The van der Waals surface area contributed by atoms with Gasteiger partial charge in [0.2, 0.25) is 0 Å². The maximum Gasteiger partial charge on any atom is 0.486 e. The van der Waals surface area contributed by atoms with Gasteiger partial charge in [0.05, 0.1) is 6.61 Å². The number of nitrogens with one attached hydrogen (secondary N) is 1. The summed E-state index contributed by atoms with van der Waals surface area (Å²) in [5.41, 5.74) is -3.62. The van der Waals surface area contributed by atoms with E-state index in [-0.39, 0.29) is 0 Å². The van der Waals surface area contributed by atoms with E-state index >= 15 is 0 Å². The molecule has 0 spiro atoms.